The fraction of sp³-hybridized carbons (Fsp3) is 0.167. The van der Waals surface area contributed by atoms with Crippen LogP contribution in [-0.4, -0.2) is 16.1 Å². The number of hydrogen-bond acceptors (Lipinski definition) is 3. The van der Waals surface area contributed by atoms with Crippen molar-refractivity contribution in [3.05, 3.63) is 40.4 Å². The van der Waals surface area contributed by atoms with Crippen molar-refractivity contribution in [1.82, 2.24) is 4.98 Å². The molecule has 0 aliphatic heterocycles. The Bertz CT molecular complexity index is 590. The number of carbonyl (C=O) groups is 1. The first kappa shape index (κ1) is 12.6. The molecule has 94 valence electrons. The van der Waals surface area contributed by atoms with Gasteiger partial charge in [-0.1, -0.05) is 6.07 Å². The van der Waals surface area contributed by atoms with Gasteiger partial charge in [0, 0.05) is 4.88 Å². The van der Waals surface area contributed by atoms with Crippen LogP contribution in [0, 0.1) is 18.6 Å². The number of nitrogens with zero attached hydrogens (tertiary/aromatic N) is 1. The number of rotatable bonds is 3. The van der Waals surface area contributed by atoms with Crippen molar-refractivity contribution in [1.29, 1.82) is 0 Å². The van der Waals surface area contributed by atoms with Crippen LogP contribution in [0.4, 0.5) is 8.78 Å². The van der Waals surface area contributed by atoms with Gasteiger partial charge in [-0.05, 0) is 19.1 Å². The number of aryl methyl sites for hydroxylation is 1. The molecule has 0 aliphatic rings. The van der Waals surface area contributed by atoms with Gasteiger partial charge < -0.3 is 5.11 Å². The summed E-state index contributed by atoms with van der Waals surface area (Å²) in [7, 11) is 0. The van der Waals surface area contributed by atoms with Crippen LogP contribution in [0.2, 0.25) is 0 Å². The van der Waals surface area contributed by atoms with E-state index in [0.717, 1.165) is 23.5 Å². The van der Waals surface area contributed by atoms with Gasteiger partial charge in [0.25, 0.3) is 0 Å². The average Bonchev–Trinajstić information content (AvgIpc) is 2.59. The molecule has 1 aromatic carbocycles. The lowest BCUT2D eigenvalue weighted by Crippen LogP contribution is -1.99. The smallest absolute Gasteiger partial charge is 0.308 e. The first-order valence-electron chi connectivity index (χ1n) is 5.11. The van der Waals surface area contributed by atoms with Gasteiger partial charge in [0.05, 0.1) is 17.7 Å². The van der Waals surface area contributed by atoms with Crippen molar-refractivity contribution < 1.29 is 18.7 Å². The maximum absolute atomic E-state index is 13.5. The predicted octanol–water partition coefficient (Wildman–Crippen LogP) is 3.02. The van der Waals surface area contributed by atoms with Crippen molar-refractivity contribution in [3.8, 4) is 10.6 Å². The van der Waals surface area contributed by atoms with E-state index in [9.17, 15) is 13.6 Å². The second-order valence-corrected chi connectivity index (χ2v) is 4.78. The van der Waals surface area contributed by atoms with E-state index in [1.165, 1.54) is 6.07 Å². The number of halogens is 2. The summed E-state index contributed by atoms with van der Waals surface area (Å²) < 4.78 is 27.1. The van der Waals surface area contributed by atoms with Gasteiger partial charge in [-0.15, -0.1) is 11.3 Å². The van der Waals surface area contributed by atoms with Gasteiger partial charge in [-0.25, -0.2) is 13.8 Å². The van der Waals surface area contributed by atoms with E-state index < -0.39 is 17.6 Å². The van der Waals surface area contributed by atoms with Gasteiger partial charge in [0.1, 0.15) is 16.6 Å². The molecule has 3 nitrogen and oxygen atoms in total. The number of benzene rings is 1. The van der Waals surface area contributed by atoms with Gasteiger partial charge in [0.15, 0.2) is 0 Å². The number of hydrogen-bond donors (Lipinski definition) is 1. The molecule has 1 aromatic heterocycles. The van der Waals surface area contributed by atoms with Crippen molar-refractivity contribution in [2.24, 2.45) is 0 Å². The molecule has 0 aliphatic carbocycles. The third-order valence-corrected chi connectivity index (χ3v) is 3.56. The molecule has 6 heteroatoms. The highest BCUT2D eigenvalue weighted by atomic mass is 32.1. The summed E-state index contributed by atoms with van der Waals surface area (Å²) in [6.07, 6.45) is -0.195. The van der Waals surface area contributed by atoms with Crippen LogP contribution in [-0.2, 0) is 11.2 Å². The third-order valence-electron chi connectivity index (χ3n) is 2.38. The Kier molecular flexibility index (Phi) is 3.38. The van der Waals surface area contributed by atoms with Crippen LogP contribution < -0.4 is 0 Å². The maximum Gasteiger partial charge on any atom is 0.308 e. The summed E-state index contributed by atoms with van der Waals surface area (Å²) in [6.45, 7) is 1.62. The zero-order chi connectivity index (χ0) is 13.3. The molecule has 0 radical (unpaired) electrons. The Morgan fingerprint density at radius 1 is 1.39 bits per heavy atom. The maximum atomic E-state index is 13.5. The number of carboxylic acid groups (broad SMARTS) is 1. The Morgan fingerprint density at radius 3 is 2.56 bits per heavy atom. The summed E-state index contributed by atoms with van der Waals surface area (Å²) in [5, 5.41) is 8.88. The minimum Gasteiger partial charge on any atom is -0.481 e. The van der Waals surface area contributed by atoms with Crippen LogP contribution in [0.5, 0.6) is 0 Å². The quantitative estimate of drug-likeness (QED) is 0.931. The van der Waals surface area contributed by atoms with E-state index in [-0.39, 0.29) is 17.0 Å². The molecule has 18 heavy (non-hydrogen) atoms. The second-order valence-electron chi connectivity index (χ2n) is 3.69. The number of carboxylic acids is 1. The topological polar surface area (TPSA) is 50.2 Å². The van der Waals surface area contributed by atoms with Gasteiger partial charge in [0.2, 0.25) is 0 Å². The second kappa shape index (κ2) is 4.81. The zero-order valence-corrected chi connectivity index (χ0v) is 10.2. The molecule has 0 bridgehead atoms. The number of aliphatic carboxylic acids is 1. The van der Waals surface area contributed by atoms with E-state index in [4.69, 9.17) is 5.11 Å². The van der Waals surface area contributed by atoms with Crippen molar-refractivity contribution in [2.75, 3.05) is 0 Å². The molecule has 0 atom stereocenters. The minimum atomic E-state index is -0.998. The molecule has 0 saturated carbocycles. The average molecular weight is 269 g/mol. The highest BCUT2D eigenvalue weighted by Gasteiger charge is 2.17. The summed E-state index contributed by atoms with van der Waals surface area (Å²) >= 11 is 0.997. The van der Waals surface area contributed by atoms with Crippen LogP contribution in [0.3, 0.4) is 0 Å². The van der Waals surface area contributed by atoms with Crippen LogP contribution in [0.1, 0.15) is 10.6 Å². The van der Waals surface area contributed by atoms with Gasteiger partial charge in [-0.3, -0.25) is 4.79 Å². The summed E-state index contributed by atoms with van der Waals surface area (Å²) in [4.78, 5) is 15.2. The Balaban J connectivity index is 2.49. The summed E-state index contributed by atoms with van der Waals surface area (Å²) in [6, 6.07) is 3.56. The van der Waals surface area contributed by atoms with Crippen molar-refractivity contribution in [2.45, 2.75) is 13.3 Å². The minimum absolute atomic E-state index is 0.166. The lowest BCUT2D eigenvalue weighted by molar-refractivity contribution is -0.136. The molecule has 2 aromatic rings. The fourth-order valence-electron chi connectivity index (χ4n) is 1.54. The summed E-state index contributed by atoms with van der Waals surface area (Å²) in [5.74, 6) is -2.40. The zero-order valence-electron chi connectivity index (χ0n) is 9.41. The molecule has 0 amide bonds. The lowest BCUT2D eigenvalue weighted by Gasteiger charge is -1.99. The van der Waals surface area contributed by atoms with Crippen molar-refractivity contribution in [3.63, 3.8) is 0 Å². The fourth-order valence-corrected chi connectivity index (χ4v) is 2.64. The molecule has 1 heterocycles. The molecular formula is C12H9F2NO2S. The molecule has 0 spiro atoms. The predicted molar refractivity (Wildman–Crippen MR) is 63.5 cm³/mol. The van der Waals surface area contributed by atoms with E-state index in [2.05, 4.69) is 4.98 Å². The monoisotopic (exact) mass is 269 g/mol. The molecule has 0 unspecified atom stereocenters. The highest BCUT2D eigenvalue weighted by molar-refractivity contribution is 7.15. The highest BCUT2D eigenvalue weighted by Crippen LogP contribution is 2.31. The summed E-state index contributed by atoms with van der Waals surface area (Å²) in [5.41, 5.74) is 0.280. The standard InChI is InChI=1S/C12H9F2NO2S/c1-6-9(5-10(16)17)18-12(15-6)11-7(13)3-2-4-8(11)14/h2-4H,5H2,1H3,(H,16,17). The Hall–Kier alpha value is -1.82. The van der Waals surface area contributed by atoms with Gasteiger partial charge in [-0.2, -0.15) is 0 Å². The van der Waals surface area contributed by atoms with Crippen molar-refractivity contribution >= 4 is 17.3 Å². The molecular weight excluding hydrogens is 260 g/mol. The Labute approximate surface area is 106 Å². The molecule has 2 rings (SSSR count). The molecule has 1 N–H and O–H groups in total. The number of thiazole rings is 1. The van der Waals surface area contributed by atoms with Crippen LogP contribution in [0.25, 0.3) is 10.6 Å². The van der Waals surface area contributed by atoms with Crippen LogP contribution >= 0.6 is 11.3 Å². The molecule has 0 fully saturated rings. The van der Waals surface area contributed by atoms with Gasteiger partial charge >= 0.3 is 5.97 Å². The lowest BCUT2D eigenvalue weighted by atomic mass is 10.2. The third kappa shape index (κ3) is 2.38. The van der Waals surface area contributed by atoms with Crippen LogP contribution in [0.15, 0.2) is 18.2 Å². The largest absolute Gasteiger partial charge is 0.481 e. The van der Waals surface area contributed by atoms with E-state index >= 15 is 0 Å². The molecule has 0 saturated heterocycles. The first-order chi connectivity index (χ1) is 8.49. The first-order valence-corrected chi connectivity index (χ1v) is 5.93. The normalized spacial score (nSPS) is 10.6. The van der Waals surface area contributed by atoms with E-state index in [1.807, 2.05) is 0 Å². The Morgan fingerprint density at radius 2 is 2.00 bits per heavy atom. The van der Waals surface area contributed by atoms with E-state index in [0.29, 0.717) is 10.6 Å². The number of aromatic nitrogens is 1. The SMILES string of the molecule is Cc1nc(-c2c(F)cccc2F)sc1CC(=O)O. The van der Waals surface area contributed by atoms with E-state index in [1.54, 1.807) is 6.92 Å².